The summed E-state index contributed by atoms with van der Waals surface area (Å²) in [6, 6.07) is 5.36. The van der Waals surface area contributed by atoms with E-state index in [0.717, 1.165) is 5.56 Å². The number of carbonyl (C=O) groups is 1. The SMILES string of the molecule is O=C(CCc1ccc(Cl)cc1Cl)CCn1ccnc1. The molecule has 1 aromatic carbocycles. The van der Waals surface area contributed by atoms with Gasteiger partial charge in [0.25, 0.3) is 0 Å². The molecule has 0 N–H and O–H groups in total. The van der Waals surface area contributed by atoms with Crippen LogP contribution in [0.5, 0.6) is 0 Å². The van der Waals surface area contributed by atoms with E-state index in [9.17, 15) is 4.79 Å². The van der Waals surface area contributed by atoms with Gasteiger partial charge in [-0.3, -0.25) is 4.79 Å². The van der Waals surface area contributed by atoms with Gasteiger partial charge in [0.1, 0.15) is 5.78 Å². The highest BCUT2D eigenvalue weighted by atomic mass is 35.5. The first-order valence-corrected chi connectivity index (χ1v) is 6.82. The smallest absolute Gasteiger partial charge is 0.135 e. The molecule has 0 bridgehead atoms. The van der Waals surface area contributed by atoms with Crippen molar-refractivity contribution >= 4 is 29.0 Å². The first kappa shape index (κ1) is 14.1. The lowest BCUT2D eigenvalue weighted by Gasteiger charge is -2.05. The van der Waals surface area contributed by atoms with E-state index in [1.165, 1.54) is 0 Å². The standard InChI is InChI=1S/C14H14Cl2N2O/c15-12-3-1-11(14(16)9-12)2-4-13(19)5-7-18-8-6-17-10-18/h1,3,6,8-10H,2,4-5,7H2. The molecule has 100 valence electrons. The van der Waals surface area contributed by atoms with Crippen LogP contribution in [-0.4, -0.2) is 15.3 Å². The van der Waals surface area contributed by atoms with E-state index in [1.807, 2.05) is 16.8 Å². The fourth-order valence-corrected chi connectivity index (χ4v) is 2.30. The minimum Gasteiger partial charge on any atom is -0.337 e. The number of Topliss-reactive ketones (excluding diaryl/α,β-unsaturated/α-hetero) is 1. The number of carbonyl (C=O) groups excluding carboxylic acids is 1. The van der Waals surface area contributed by atoms with Gasteiger partial charge in [-0.2, -0.15) is 0 Å². The fourth-order valence-electron chi connectivity index (χ4n) is 1.80. The third-order valence-electron chi connectivity index (χ3n) is 2.90. The topological polar surface area (TPSA) is 34.9 Å². The highest BCUT2D eigenvalue weighted by molar-refractivity contribution is 6.35. The van der Waals surface area contributed by atoms with Crippen molar-refractivity contribution in [1.82, 2.24) is 9.55 Å². The summed E-state index contributed by atoms with van der Waals surface area (Å²) >= 11 is 11.9. The number of hydrogen-bond donors (Lipinski definition) is 0. The molecule has 0 aliphatic carbocycles. The van der Waals surface area contributed by atoms with Crippen LogP contribution in [0.1, 0.15) is 18.4 Å². The molecule has 0 spiro atoms. The predicted octanol–water partition coefficient (Wildman–Crippen LogP) is 3.78. The van der Waals surface area contributed by atoms with Crippen LogP contribution in [-0.2, 0) is 17.8 Å². The molecule has 0 unspecified atom stereocenters. The van der Waals surface area contributed by atoms with Gasteiger partial charge >= 0.3 is 0 Å². The minimum atomic E-state index is 0.222. The van der Waals surface area contributed by atoms with E-state index in [1.54, 1.807) is 24.7 Å². The Morgan fingerprint density at radius 3 is 2.79 bits per heavy atom. The summed E-state index contributed by atoms with van der Waals surface area (Å²) in [5, 5.41) is 1.23. The largest absolute Gasteiger partial charge is 0.337 e. The van der Waals surface area contributed by atoms with Crippen molar-refractivity contribution < 1.29 is 4.79 Å². The number of halogens is 2. The third kappa shape index (κ3) is 4.37. The van der Waals surface area contributed by atoms with Gasteiger partial charge in [-0.25, -0.2) is 4.98 Å². The Balaban J connectivity index is 1.80. The van der Waals surface area contributed by atoms with Crippen molar-refractivity contribution in [2.45, 2.75) is 25.8 Å². The molecule has 1 heterocycles. The van der Waals surface area contributed by atoms with Gasteiger partial charge in [0.2, 0.25) is 0 Å². The molecule has 19 heavy (non-hydrogen) atoms. The lowest BCUT2D eigenvalue weighted by molar-refractivity contribution is -0.119. The average Bonchev–Trinajstić information content (AvgIpc) is 2.88. The molecular formula is C14H14Cl2N2O. The van der Waals surface area contributed by atoms with E-state index in [0.29, 0.717) is 35.9 Å². The third-order valence-corrected chi connectivity index (χ3v) is 3.48. The molecule has 2 aromatic rings. The van der Waals surface area contributed by atoms with Crippen molar-refractivity contribution in [2.75, 3.05) is 0 Å². The monoisotopic (exact) mass is 296 g/mol. The molecule has 0 amide bonds. The summed E-state index contributed by atoms with van der Waals surface area (Å²) in [6.07, 6.45) is 6.93. The Morgan fingerprint density at radius 1 is 1.26 bits per heavy atom. The van der Waals surface area contributed by atoms with Crippen molar-refractivity contribution in [3.8, 4) is 0 Å². The average molecular weight is 297 g/mol. The van der Waals surface area contributed by atoms with Crippen LogP contribution in [0.3, 0.4) is 0 Å². The van der Waals surface area contributed by atoms with Gasteiger partial charge in [-0.1, -0.05) is 29.3 Å². The molecule has 0 atom stereocenters. The van der Waals surface area contributed by atoms with E-state index in [4.69, 9.17) is 23.2 Å². The van der Waals surface area contributed by atoms with E-state index in [2.05, 4.69) is 4.98 Å². The number of aryl methyl sites for hydroxylation is 2. The molecular weight excluding hydrogens is 283 g/mol. The van der Waals surface area contributed by atoms with E-state index < -0.39 is 0 Å². The molecule has 3 nitrogen and oxygen atoms in total. The molecule has 0 radical (unpaired) electrons. The first-order valence-electron chi connectivity index (χ1n) is 6.06. The molecule has 0 saturated heterocycles. The van der Waals surface area contributed by atoms with Gasteiger partial charge in [-0.15, -0.1) is 0 Å². The Morgan fingerprint density at radius 2 is 2.11 bits per heavy atom. The van der Waals surface area contributed by atoms with Crippen molar-refractivity contribution in [1.29, 1.82) is 0 Å². The number of benzene rings is 1. The predicted molar refractivity (Wildman–Crippen MR) is 76.6 cm³/mol. The number of imidazole rings is 1. The van der Waals surface area contributed by atoms with Crippen LogP contribution < -0.4 is 0 Å². The summed E-state index contributed by atoms with van der Waals surface area (Å²) in [7, 11) is 0. The maximum atomic E-state index is 11.8. The Kier molecular flexibility index (Phi) is 5.00. The second-order valence-corrected chi connectivity index (χ2v) is 5.17. The van der Waals surface area contributed by atoms with Crippen LogP contribution in [0.15, 0.2) is 36.9 Å². The zero-order valence-corrected chi connectivity index (χ0v) is 11.9. The van der Waals surface area contributed by atoms with E-state index >= 15 is 0 Å². The zero-order chi connectivity index (χ0) is 13.7. The Bertz CT molecular complexity index is 553. The van der Waals surface area contributed by atoms with Crippen LogP contribution in [0.2, 0.25) is 10.0 Å². The second-order valence-electron chi connectivity index (χ2n) is 4.32. The first-order chi connectivity index (χ1) is 9.15. The molecule has 0 aliphatic heterocycles. The quantitative estimate of drug-likeness (QED) is 0.813. The van der Waals surface area contributed by atoms with Gasteiger partial charge in [0.05, 0.1) is 6.33 Å². The minimum absolute atomic E-state index is 0.222. The van der Waals surface area contributed by atoms with Crippen LogP contribution in [0.25, 0.3) is 0 Å². The summed E-state index contributed by atoms with van der Waals surface area (Å²) < 4.78 is 1.90. The molecule has 0 saturated carbocycles. The van der Waals surface area contributed by atoms with Gasteiger partial charge in [-0.05, 0) is 24.1 Å². The van der Waals surface area contributed by atoms with Crippen molar-refractivity contribution in [3.05, 3.63) is 52.5 Å². The lowest BCUT2D eigenvalue weighted by atomic mass is 10.1. The normalized spacial score (nSPS) is 10.6. The Hall–Kier alpha value is -1.32. The highest BCUT2D eigenvalue weighted by Gasteiger charge is 2.06. The Labute approximate surface area is 122 Å². The van der Waals surface area contributed by atoms with Gasteiger partial charge < -0.3 is 4.57 Å². The highest BCUT2D eigenvalue weighted by Crippen LogP contribution is 2.22. The summed E-state index contributed by atoms with van der Waals surface area (Å²) in [5.74, 6) is 0.222. The zero-order valence-electron chi connectivity index (χ0n) is 10.4. The molecule has 5 heteroatoms. The number of rotatable bonds is 6. The number of hydrogen-bond acceptors (Lipinski definition) is 2. The van der Waals surface area contributed by atoms with Gasteiger partial charge in [0, 0.05) is 41.8 Å². The van der Waals surface area contributed by atoms with Crippen LogP contribution in [0, 0.1) is 0 Å². The number of aromatic nitrogens is 2. The molecule has 2 rings (SSSR count). The van der Waals surface area contributed by atoms with Crippen molar-refractivity contribution in [3.63, 3.8) is 0 Å². The van der Waals surface area contributed by atoms with Crippen LogP contribution >= 0.6 is 23.2 Å². The van der Waals surface area contributed by atoms with Gasteiger partial charge in [0.15, 0.2) is 0 Å². The second kappa shape index (κ2) is 6.73. The molecule has 0 aliphatic rings. The summed E-state index contributed by atoms with van der Waals surface area (Å²) in [5.41, 5.74) is 0.960. The lowest BCUT2D eigenvalue weighted by Crippen LogP contribution is -2.05. The summed E-state index contributed by atoms with van der Waals surface area (Å²) in [6.45, 7) is 0.674. The number of nitrogens with zero attached hydrogens (tertiary/aromatic N) is 2. The summed E-state index contributed by atoms with van der Waals surface area (Å²) in [4.78, 5) is 15.7. The molecule has 0 fully saturated rings. The number of ketones is 1. The fraction of sp³-hybridized carbons (Fsp3) is 0.286. The maximum Gasteiger partial charge on any atom is 0.135 e. The van der Waals surface area contributed by atoms with Crippen molar-refractivity contribution in [2.24, 2.45) is 0 Å². The van der Waals surface area contributed by atoms with Crippen LogP contribution in [0.4, 0.5) is 0 Å². The molecule has 1 aromatic heterocycles. The maximum absolute atomic E-state index is 11.8. The van der Waals surface area contributed by atoms with E-state index in [-0.39, 0.29) is 5.78 Å².